The third kappa shape index (κ3) is 3.84. The van der Waals surface area contributed by atoms with E-state index < -0.39 is 15.3 Å². The summed E-state index contributed by atoms with van der Waals surface area (Å²) < 4.78 is 31.3. The van der Waals surface area contributed by atoms with Crippen LogP contribution in [0, 0.1) is 0 Å². The molecule has 0 aliphatic carbocycles. The minimum absolute atomic E-state index is 0.379. The van der Waals surface area contributed by atoms with Crippen LogP contribution in [-0.2, 0) is 10.0 Å². The van der Waals surface area contributed by atoms with Crippen molar-refractivity contribution in [2.45, 2.75) is 25.5 Å². The molecule has 1 aromatic rings. The summed E-state index contributed by atoms with van der Waals surface area (Å²) in [6, 6.07) is 7.04. The van der Waals surface area contributed by atoms with E-state index in [1.807, 2.05) is 0 Å². The smallest absolute Gasteiger partial charge is 0.237 e. The third-order valence-corrected chi connectivity index (χ3v) is 5.01. The van der Waals surface area contributed by atoms with Crippen molar-refractivity contribution in [2.75, 3.05) is 24.5 Å². The van der Waals surface area contributed by atoms with Crippen LogP contribution in [0.1, 0.15) is 20.3 Å². The maximum absolute atomic E-state index is 12.4. The van der Waals surface area contributed by atoms with Gasteiger partial charge >= 0.3 is 0 Å². The molecule has 0 amide bonds. The standard InChI is InChI=1S/C13H22N2O3S/c1-11(2)19(16,17)15(9-5-8-14)12-6-4-7-13(10-12)18-3/h4,6-7,10-11H,5,8-9,14H2,1-3H3. The predicted octanol–water partition coefficient (Wildman–Crippen LogP) is 1.59. The van der Waals surface area contributed by atoms with Gasteiger partial charge in [0.1, 0.15) is 5.75 Å². The van der Waals surface area contributed by atoms with Crippen LogP contribution in [0.2, 0.25) is 0 Å². The second-order valence-corrected chi connectivity index (χ2v) is 6.92. The molecule has 1 rings (SSSR count). The number of nitrogens with two attached hydrogens (primary N) is 1. The van der Waals surface area contributed by atoms with Gasteiger partial charge in [0.25, 0.3) is 0 Å². The first-order valence-corrected chi connectivity index (χ1v) is 7.79. The summed E-state index contributed by atoms with van der Waals surface area (Å²) in [6.07, 6.45) is 0.614. The van der Waals surface area contributed by atoms with Crippen molar-refractivity contribution < 1.29 is 13.2 Å². The minimum Gasteiger partial charge on any atom is -0.497 e. The maximum atomic E-state index is 12.4. The lowest BCUT2D eigenvalue weighted by Gasteiger charge is -2.26. The molecule has 0 heterocycles. The van der Waals surface area contributed by atoms with Crippen LogP contribution in [0.5, 0.6) is 5.75 Å². The molecule has 6 heteroatoms. The molecule has 19 heavy (non-hydrogen) atoms. The van der Waals surface area contributed by atoms with Gasteiger partial charge in [-0.15, -0.1) is 0 Å². The number of sulfonamides is 1. The molecule has 108 valence electrons. The molecular weight excluding hydrogens is 264 g/mol. The fourth-order valence-corrected chi connectivity index (χ4v) is 2.96. The Morgan fingerprint density at radius 2 is 2.05 bits per heavy atom. The number of ether oxygens (including phenoxy) is 1. The third-order valence-electron chi connectivity index (χ3n) is 2.81. The molecule has 0 atom stereocenters. The highest BCUT2D eigenvalue weighted by Gasteiger charge is 2.25. The molecule has 1 aromatic carbocycles. The maximum Gasteiger partial charge on any atom is 0.237 e. The number of rotatable bonds is 7. The van der Waals surface area contributed by atoms with Gasteiger partial charge in [-0.1, -0.05) is 6.07 Å². The molecule has 0 radical (unpaired) electrons. The van der Waals surface area contributed by atoms with E-state index in [1.165, 1.54) is 4.31 Å². The quantitative estimate of drug-likeness (QED) is 0.826. The van der Waals surface area contributed by atoms with E-state index in [2.05, 4.69) is 0 Å². The Morgan fingerprint density at radius 3 is 2.58 bits per heavy atom. The number of nitrogens with zero attached hydrogens (tertiary/aromatic N) is 1. The first kappa shape index (κ1) is 15.8. The highest BCUT2D eigenvalue weighted by atomic mass is 32.2. The van der Waals surface area contributed by atoms with Crippen LogP contribution >= 0.6 is 0 Å². The second-order valence-electron chi connectivity index (χ2n) is 4.51. The molecule has 0 aromatic heterocycles. The van der Waals surface area contributed by atoms with E-state index in [1.54, 1.807) is 45.2 Å². The van der Waals surface area contributed by atoms with Crippen LogP contribution in [0.15, 0.2) is 24.3 Å². The molecule has 0 aliphatic heterocycles. The van der Waals surface area contributed by atoms with Crippen LogP contribution in [0.25, 0.3) is 0 Å². The SMILES string of the molecule is COc1cccc(N(CCCN)S(=O)(=O)C(C)C)c1. The topological polar surface area (TPSA) is 72.6 Å². The monoisotopic (exact) mass is 286 g/mol. The molecule has 0 saturated heterocycles. The number of hydrogen-bond acceptors (Lipinski definition) is 4. The number of benzene rings is 1. The van der Waals surface area contributed by atoms with Gasteiger partial charge in [0.15, 0.2) is 0 Å². The highest BCUT2D eigenvalue weighted by molar-refractivity contribution is 7.93. The lowest BCUT2D eigenvalue weighted by Crippen LogP contribution is -2.37. The van der Waals surface area contributed by atoms with E-state index in [0.717, 1.165) is 0 Å². The predicted molar refractivity (Wildman–Crippen MR) is 78.1 cm³/mol. The molecule has 0 unspecified atom stereocenters. The zero-order valence-electron chi connectivity index (χ0n) is 11.7. The summed E-state index contributed by atoms with van der Waals surface area (Å²) in [5.74, 6) is 0.634. The first-order chi connectivity index (χ1) is 8.93. The zero-order valence-corrected chi connectivity index (χ0v) is 12.5. The molecule has 0 bridgehead atoms. The fraction of sp³-hybridized carbons (Fsp3) is 0.538. The molecule has 0 aliphatic rings. The molecule has 0 fully saturated rings. The van der Waals surface area contributed by atoms with Crippen molar-refractivity contribution >= 4 is 15.7 Å². The number of anilines is 1. The van der Waals surface area contributed by atoms with Gasteiger partial charge < -0.3 is 10.5 Å². The van der Waals surface area contributed by atoms with Gasteiger partial charge in [-0.2, -0.15) is 0 Å². The van der Waals surface area contributed by atoms with Gasteiger partial charge in [-0.05, 0) is 38.9 Å². The van der Waals surface area contributed by atoms with Gasteiger partial charge in [0, 0.05) is 12.6 Å². The molecule has 0 saturated carbocycles. The largest absolute Gasteiger partial charge is 0.497 e. The molecule has 5 nitrogen and oxygen atoms in total. The van der Waals surface area contributed by atoms with Gasteiger partial charge in [-0.25, -0.2) is 8.42 Å². The highest BCUT2D eigenvalue weighted by Crippen LogP contribution is 2.25. The van der Waals surface area contributed by atoms with Crippen LogP contribution in [0.4, 0.5) is 5.69 Å². The Kier molecular flexibility index (Phi) is 5.62. The number of hydrogen-bond donors (Lipinski definition) is 1. The summed E-state index contributed by atoms with van der Waals surface area (Å²) in [5, 5.41) is -0.475. The van der Waals surface area contributed by atoms with E-state index in [9.17, 15) is 8.42 Å². The van der Waals surface area contributed by atoms with Gasteiger partial charge in [-0.3, -0.25) is 4.31 Å². The van der Waals surface area contributed by atoms with Crippen molar-refractivity contribution in [3.63, 3.8) is 0 Å². The normalized spacial score (nSPS) is 11.6. The summed E-state index contributed by atoms with van der Waals surface area (Å²) in [5.41, 5.74) is 6.10. The summed E-state index contributed by atoms with van der Waals surface area (Å²) in [6.45, 7) is 4.17. The molecular formula is C13H22N2O3S. The Bertz CT molecular complexity index is 500. The van der Waals surface area contributed by atoms with Crippen molar-refractivity contribution in [3.8, 4) is 5.75 Å². The van der Waals surface area contributed by atoms with Crippen LogP contribution in [-0.4, -0.2) is 33.9 Å². The lowest BCUT2D eigenvalue weighted by atomic mass is 10.3. The van der Waals surface area contributed by atoms with Crippen LogP contribution in [0.3, 0.4) is 0 Å². The minimum atomic E-state index is -3.37. The average molecular weight is 286 g/mol. The Labute approximate surface area is 115 Å². The van der Waals surface area contributed by atoms with Crippen LogP contribution < -0.4 is 14.8 Å². The van der Waals surface area contributed by atoms with E-state index in [4.69, 9.17) is 10.5 Å². The lowest BCUT2D eigenvalue weighted by molar-refractivity contribution is 0.415. The van der Waals surface area contributed by atoms with Crippen molar-refractivity contribution in [1.29, 1.82) is 0 Å². The Morgan fingerprint density at radius 1 is 1.37 bits per heavy atom. The zero-order chi connectivity index (χ0) is 14.5. The second kappa shape index (κ2) is 6.77. The molecule has 0 spiro atoms. The van der Waals surface area contributed by atoms with E-state index in [-0.39, 0.29) is 0 Å². The summed E-state index contributed by atoms with van der Waals surface area (Å²) in [7, 11) is -1.81. The van der Waals surface area contributed by atoms with Crippen molar-refractivity contribution in [2.24, 2.45) is 5.73 Å². The van der Waals surface area contributed by atoms with E-state index >= 15 is 0 Å². The fourth-order valence-electron chi connectivity index (χ4n) is 1.66. The average Bonchev–Trinajstić information content (AvgIpc) is 2.39. The van der Waals surface area contributed by atoms with Gasteiger partial charge in [0.05, 0.1) is 18.0 Å². The molecule has 2 N–H and O–H groups in total. The summed E-state index contributed by atoms with van der Waals surface area (Å²) in [4.78, 5) is 0. The van der Waals surface area contributed by atoms with Crippen molar-refractivity contribution in [1.82, 2.24) is 0 Å². The summed E-state index contributed by atoms with van der Waals surface area (Å²) >= 11 is 0. The first-order valence-electron chi connectivity index (χ1n) is 6.29. The van der Waals surface area contributed by atoms with E-state index in [0.29, 0.717) is 30.9 Å². The van der Waals surface area contributed by atoms with Gasteiger partial charge in [0.2, 0.25) is 10.0 Å². The Hall–Kier alpha value is -1.27. The van der Waals surface area contributed by atoms with Crippen molar-refractivity contribution in [3.05, 3.63) is 24.3 Å². The Balaban J connectivity index is 3.16. The number of methoxy groups -OCH3 is 1.